The molecule has 16 heteroatoms. The van der Waals surface area contributed by atoms with Gasteiger partial charge in [-0.15, -0.1) is 0 Å². The quantitative estimate of drug-likeness (QED) is 0.203. The van der Waals surface area contributed by atoms with E-state index in [0.717, 1.165) is 0 Å². The summed E-state index contributed by atoms with van der Waals surface area (Å²) < 4.78 is 53.8. The molecule has 2 fully saturated rings. The molecular weight excluding hydrogens is 548 g/mol. The van der Waals surface area contributed by atoms with Gasteiger partial charge < -0.3 is 30.2 Å². The number of imidazole rings is 1. The average molecular weight is 580 g/mol. The van der Waals surface area contributed by atoms with Gasteiger partial charge in [-0.3, -0.25) is 13.9 Å². The van der Waals surface area contributed by atoms with Crippen molar-refractivity contribution in [2.45, 2.75) is 69.5 Å². The van der Waals surface area contributed by atoms with Gasteiger partial charge in [-0.25, -0.2) is 13.9 Å². The van der Waals surface area contributed by atoms with E-state index in [1.54, 1.807) is 39.1 Å². The molecular formula is C24H31FN7O7P. The molecule has 1 saturated heterocycles. The van der Waals surface area contributed by atoms with Crippen LogP contribution in [0.2, 0.25) is 0 Å². The van der Waals surface area contributed by atoms with Crippen LogP contribution in [-0.2, 0) is 23.4 Å². The minimum Gasteiger partial charge on any atom is -0.462 e. The van der Waals surface area contributed by atoms with E-state index in [0.29, 0.717) is 11.3 Å². The SMILES string of the molecule is CNc1nc(N)nc2c1ncn2[C@@H]1O[C@]2(C)C(OP(=O)(N[C@@H](C)C(=O)OC(C)C)Oc3ccccc3)[C@]2(O)[C@H]1F. The number of benzene rings is 1. The van der Waals surface area contributed by atoms with Crippen LogP contribution in [0.25, 0.3) is 11.2 Å². The molecule has 7 atom stereocenters. The molecule has 0 amide bonds. The molecule has 40 heavy (non-hydrogen) atoms. The molecule has 2 aromatic heterocycles. The van der Waals surface area contributed by atoms with Gasteiger partial charge in [-0.05, 0) is 39.8 Å². The molecule has 5 rings (SSSR count). The molecule has 3 aromatic rings. The van der Waals surface area contributed by atoms with Gasteiger partial charge in [0.25, 0.3) is 0 Å². The first-order chi connectivity index (χ1) is 18.8. The van der Waals surface area contributed by atoms with Gasteiger partial charge in [0.2, 0.25) is 5.95 Å². The normalized spacial score (nSPS) is 29.6. The smallest absolute Gasteiger partial charge is 0.459 e. The fourth-order valence-corrected chi connectivity index (χ4v) is 6.57. The Bertz CT molecular complexity index is 1480. The third-order valence-corrected chi connectivity index (χ3v) is 8.51. The average Bonchev–Trinajstić information content (AvgIpc) is 3.15. The molecule has 14 nitrogen and oxygen atoms in total. The predicted molar refractivity (Wildman–Crippen MR) is 141 cm³/mol. The first kappa shape index (κ1) is 28.2. The Kier molecular flexibility index (Phi) is 6.99. The number of nitrogens with zero attached hydrogens (tertiary/aromatic N) is 4. The van der Waals surface area contributed by atoms with E-state index < -0.39 is 55.6 Å². The number of aromatic nitrogens is 4. The zero-order valence-corrected chi connectivity index (χ0v) is 23.3. The zero-order valence-electron chi connectivity index (χ0n) is 22.4. The van der Waals surface area contributed by atoms with Crippen molar-refractivity contribution in [1.29, 1.82) is 0 Å². The number of nitrogens with one attached hydrogen (secondary N) is 2. The lowest BCUT2D eigenvalue weighted by Crippen LogP contribution is -2.38. The van der Waals surface area contributed by atoms with Gasteiger partial charge in [-0.2, -0.15) is 15.1 Å². The number of carbonyl (C=O) groups excluding carboxylic acids is 1. The Morgan fingerprint density at radius 1 is 1.27 bits per heavy atom. The summed E-state index contributed by atoms with van der Waals surface area (Å²) >= 11 is 0. The van der Waals surface area contributed by atoms with Gasteiger partial charge in [0.05, 0.1) is 12.4 Å². The van der Waals surface area contributed by atoms with Crippen molar-refractivity contribution in [1.82, 2.24) is 24.6 Å². The summed E-state index contributed by atoms with van der Waals surface area (Å²) in [4.78, 5) is 24.9. The maximum Gasteiger partial charge on any atom is 0.459 e. The molecule has 2 unspecified atom stereocenters. The number of hydrogen-bond acceptors (Lipinski definition) is 12. The highest BCUT2D eigenvalue weighted by Crippen LogP contribution is 2.68. The van der Waals surface area contributed by atoms with E-state index in [-0.39, 0.29) is 17.3 Å². The van der Waals surface area contributed by atoms with E-state index >= 15 is 4.39 Å². The lowest BCUT2D eigenvalue weighted by Gasteiger charge is -2.27. The van der Waals surface area contributed by atoms with Crippen molar-refractivity contribution in [3.63, 3.8) is 0 Å². The first-order valence-electron chi connectivity index (χ1n) is 12.6. The second kappa shape index (κ2) is 9.93. The van der Waals surface area contributed by atoms with Crippen LogP contribution in [0.15, 0.2) is 36.7 Å². The lowest BCUT2D eigenvalue weighted by atomic mass is 10.1. The highest BCUT2D eigenvalue weighted by atomic mass is 31.2. The summed E-state index contributed by atoms with van der Waals surface area (Å²) in [5, 5.41) is 16.8. The summed E-state index contributed by atoms with van der Waals surface area (Å²) in [6.45, 7) is 6.18. The Labute approximate surface area is 229 Å². The summed E-state index contributed by atoms with van der Waals surface area (Å²) in [5.41, 5.74) is 2.45. The van der Waals surface area contributed by atoms with Crippen LogP contribution in [0, 0.1) is 0 Å². The summed E-state index contributed by atoms with van der Waals surface area (Å²) in [6.07, 6.45) is -3.97. The fourth-order valence-electron chi connectivity index (χ4n) is 4.80. The zero-order chi connectivity index (χ0) is 29.0. The van der Waals surface area contributed by atoms with Crippen LogP contribution in [0.4, 0.5) is 16.2 Å². The number of alkyl halides is 1. The van der Waals surface area contributed by atoms with Crippen LogP contribution >= 0.6 is 7.75 Å². The van der Waals surface area contributed by atoms with Gasteiger partial charge in [-0.1, -0.05) is 18.2 Å². The molecule has 3 heterocycles. The Morgan fingerprint density at radius 2 is 1.98 bits per heavy atom. The van der Waals surface area contributed by atoms with E-state index in [2.05, 4.69) is 25.4 Å². The number of fused-ring (bicyclic) bond motifs is 2. The number of aliphatic hydroxyl groups is 1. The second-order valence-corrected chi connectivity index (χ2v) is 11.7. The summed E-state index contributed by atoms with van der Waals surface area (Å²) in [7, 11) is -2.79. The second-order valence-electron chi connectivity index (χ2n) is 10.1. The number of anilines is 2. The van der Waals surface area contributed by atoms with Crippen molar-refractivity contribution >= 4 is 36.6 Å². The maximum absolute atomic E-state index is 16.0. The van der Waals surface area contributed by atoms with E-state index in [4.69, 9.17) is 24.3 Å². The van der Waals surface area contributed by atoms with Gasteiger partial charge in [0.15, 0.2) is 35.0 Å². The molecule has 216 valence electrons. The molecule has 0 bridgehead atoms. The Balaban J connectivity index is 1.41. The third-order valence-electron chi connectivity index (χ3n) is 6.87. The van der Waals surface area contributed by atoms with Gasteiger partial charge in [0.1, 0.15) is 23.5 Å². The number of esters is 1. The van der Waals surface area contributed by atoms with E-state index in [1.807, 2.05) is 0 Å². The highest BCUT2D eigenvalue weighted by molar-refractivity contribution is 7.52. The lowest BCUT2D eigenvalue weighted by molar-refractivity contribution is -0.149. The number of ether oxygens (including phenoxy) is 2. The molecule has 0 radical (unpaired) electrons. The number of carbonyl (C=O) groups is 1. The Morgan fingerprint density at radius 3 is 2.58 bits per heavy atom. The number of rotatable bonds is 10. The minimum absolute atomic E-state index is 0.0708. The number of halogens is 1. The molecule has 1 aliphatic heterocycles. The van der Waals surface area contributed by atoms with Crippen LogP contribution in [0.3, 0.4) is 0 Å². The topological polar surface area (TPSA) is 185 Å². The van der Waals surface area contributed by atoms with Crippen molar-refractivity contribution in [3.8, 4) is 5.75 Å². The highest BCUT2D eigenvalue weighted by Gasteiger charge is 2.88. The van der Waals surface area contributed by atoms with Gasteiger partial charge >= 0.3 is 13.7 Å². The number of nitrogen functional groups attached to an aromatic ring is 1. The molecule has 1 saturated carbocycles. The predicted octanol–water partition coefficient (Wildman–Crippen LogP) is 2.32. The Hall–Kier alpha value is -3.36. The molecule has 5 N–H and O–H groups in total. The van der Waals surface area contributed by atoms with E-state index in [9.17, 15) is 14.5 Å². The number of nitrogens with two attached hydrogens (primary N) is 1. The van der Waals surface area contributed by atoms with Crippen LogP contribution in [0.1, 0.15) is 33.9 Å². The fraction of sp³-hybridized carbons (Fsp3) is 0.500. The third kappa shape index (κ3) is 4.57. The van der Waals surface area contributed by atoms with Crippen molar-refractivity contribution in [2.24, 2.45) is 0 Å². The van der Waals surface area contributed by atoms with Gasteiger partial charge in [0, 0.05) is 7.05 Å². The largest absolute Gasteiger partial charge is 0.462 e. The molecule has 0 spiro atoms. The number of para-hydroxylation sites is 1. The number of hydrogen-bond donors (Lipinski definition) is 4. The van der Waals surface area contributed by atoms with Crippen LogP contribution in [0.5, 0.6) is 5.75 Å². The van der Waals surface area contributed by atoms with Crippen molar-refractivity contribution < 1.29 is 37.4 Å². The van der Waals surface area contributed by atoms with Crippen LogP contribution in [-0.4, -0.2) is 73.3 Å². The van der Waals surface area contributed by atoms with E-state index in [1.165, 1.54) is 36.9 Å². The van der Waals surface area contributed by atoms with Crippen molar-refractivity contribution in [3.05, 3.63) is 36.7 Å². The summed E-state index contributed by atoms with van der Waals surface area (Å²) in [6, 6.07) is 6.95. The monoisotopic (exact) mass is 579 g/mol. The summed E-state index contributed by atoms with van der Waals surface area (Å²) in [5.74, 6) is -0.284. The van der Waals surface area contributed by atoms with Crippen LogP contribution < -0.4 is 20.7 Å². The first-order valence-corrected chi connectivity index (χ1v) is 14.1. The molecule has 1 aliphatic carbocycles. The minimum atomic E-state index is -4.41. The molecule has 1 aromatic carbocycles. The van der Waals surface area contributed by atoms with Crippen molar-refractivity contribution in [2.75, 3.05) is 18.1 Å². The molecule has 2 aliphatic rings. The maximum atomic E-state index is 16.0. The standard InChI is InChI=1S/C24H31FN7O7P/c1-12(2)36-20(33)13(3)31-40(35,38-14-9-7-6-8-10-14)39-21-23(4)24(21,34)16(25)19(37-23)32-11-28-15-17(27-5)29-22(26)30-18(15)32/h6-13,16,19,21,34H,1-5H3,(H,31,35)(H3,26,27,29,30)/t13-,16-,19+,21?,23+,24+,40?/m0/s1.